The molecule has 0 atom stereocenters. The molecule has 0 fully saturated rings. The van der Waals surface area contributed by atoms with Crippen LogP contribution in [0.25, 0.3) is 0 Å². The fraction of sp³-hybridized carbons (Fsp3) is 0. The van der Waals surface area contributed by atoms with Crippen molar-refractivity contribution in [3.05, 3.63) is 42.8 Å². The Bertz CT molecular complexity index is 703. The molecule has 0 radical (unpaired) electrons. The maximum Gasteiger partial charge on any atom is 0.190 e. The zero-order valence-electron chi connectivity index (χ0n) is 8.94. The summed E-state index contributed by atoms with van der Waals surface area (Å²) in [6.07, 6.45) is 0. The summed E-state index contributed by atoms with van der Waals surface area (Å²) in [6, 6.07) is 4.89. The molecule has 3 rings (SSSR count). The van der Waals surface area contributed by atoms with Crippen LogP contribution in [0, 0.1) is 0 Å². The van der Waals surface area contributed by atoms with Gasteiger partial charge in [0, 0.05) is 22.7 Å². The lowest BCUT2D eigenvalue weighted by Crippen LogP contribution is -2.00. The summed E-state index contributed by atoms with van der Waals surface area (Å²) in [6.45, 7) is 0. The van der Waals surface area contributed by atoms with Crippen molar-refractivity contribution in [3.63, 3.8) is 0 Å². The third-order valence-corrected chi connectivity index (χ3v) is 4.94. The van der Waals surface area contributed by atoms with Gasteiger partial charge in [0.2, 0.25) is 0 Å². The standard InChI is InChI=1S/C12H3BrCl4O2/c13-4-1-7-8(2-5(4)14)19-12-9(18-7)3-6(15)10(16)11(12)17/h1-3H. The molecule has 0 amide bonds. The Kier molecular flexibility index (Phi) is 3.52. The fourth-order valence-electron chi connectivity index (χ4n) is 1.63. The number of rotatable bonds is 0. The molecule has 1 aliphatic heterocycles. The highest BCUT2D eigenvalue weighted by Gasteiger charge is 2.25. The average Bonchev–Trinajstić information content (AvgIpc) is 2.37. The van der Waals surface area contributed by atoms with Crippen LogP contribution in [0.2, 0.25) is 20.1 Å². The van der Waals surface area contributed by atoms with Gasteiger partial charge < -0.3 is 9.47 Å². The predicted octanol–water partition coefficient (Wildman–Crippen LogP) is 6.96. The zero-order chi connectivity index (χ0) is 13.7. The quantitative estimate of drug-likeness (QED) is 0.380. The zero-order valence-corrected chi connectivity index (χ0v) is 13.5. The van der Waals surface area contributed by atoms with Gasteiger partial charge in [-0.2, -0.15) is 0 Å². The molecule has 98 valence electrons. The van der Waals surface area contributed by atoms with E-state index in [0.717, 1.165) is 0 Å². The number of hydrogen-bond donors (Lipinski definition) is 0. The molecule has 0 aromatic heterocycles. The minimum Gasteiger partial charge on any atom is -0.449 e. The minimum atomic E-state index is 0.203. The van der Waals surface area contributed by atoms with Crippen LogP contribution in [-0.4, -0.2) is 0 Å². The first-order valence-corrected chi connectivity index (χ1v) is 7.30. The van der Waals surface area contributed by atoms with Crippen molar-refractivity contribution in [2.24, 2.45) is 0 Å². The number of halogens is 5. The van der Waals surface area contributed by atoms with Gasteiger partial charge in [-0.25, -0.2) is 0 Å². The maximum atomic E-state index is 6.09. The van der Waals surface area contributed by atoms with Crippen LogP contribution in [0.3, 0.4) is 0 Å². The van der Waals surface area contributed by atoms with E-state index in [9.17, 15) is 0 Å². The highest BCUT2D eigenvalue weighted by atomic mass is 79.9. The van der Waals surface area contributed by atoms with E-state index >= 15 is 0 Å². The van der Waals surface area contributed by atoms with E-state index < -0.39 is 0 Å². The van der Waals surface area contributed by atoms with E-state index in [0.29, 0.717) is 37.5 Å². The summed E-state index contributed by atoms with van der Waals surface area (Å²) in [5.74, 6) is 1.70. The minimum absolute atomic E-state index is 0.203. The highest BCUT2D eigenvalue weighted by Crippen LogP contribution is 2.53. The van der Waals surface area contributed by atoms with Crippen molar-refractivity contribution < 1.29 is 9.47 Å². The summed E-state index contributed by atoms with van der Waals surface area (Å²) < 4.78 is 12.1. The second kappa shape index (κ2) is 4.90. The van der Waals surface area contributed by atoms with Crippen LogP contribution in [-0.2, 0) is 0 Å². The molecule has 2 aromatic rings. The van der Waals surface area contributed by atoms with Crippen molar-refractivity contribution in [3.8, 4) is 23.0 Å². The topological polar surface area (TPSA) is 18.5 Å². The lowest BCUT2D eigenvalue weighted by Gasteiger charge is -2.22. The van der Waals surface area contributed by atoms with E-state index in [2.05, 4.69) is 15.9 Å². The highest BCUT2D eigenvalue weighted by molar-refractivity contribution is 9.10. The summed E-state index contributed by atoms with van der Waals surface area (Å²) in [7, 11) is 0. The monoisotopic (exact) mass is 398 g/mol. The summed E-state index contributed by atoms with van der Waals surface area (Å²) >= 11 is 27.3. The molecule has 1 aliphatic rings. The Morgan fingerprint density at radius 1 is 0.737 bits per heavy atom. The normalized spacial score (nSPS) is 12.3. The first-order valence-electron chi connectivity index (χ1n) is 4.99. The van der Waals surface area contributed by atoms with Gasteiger partial charge in [-0.15, -0.1) is 0 Å². The van der Waals surface area contributed by atoms with Gasteiger partial charge >= 0.3 is 0 Å². The van der Waals surface area contributed by atoms with Crippen LogP contribution < -0.4 is 9.47 Å². The first kappa shape index (κ1) is 13.7. The molecule has 19 heavy (non-hydrogen) atoms. The number of fused-ring (bicyclic) bond motifs is 2. The third kappa shape index (κ3) is 2.28. The number of ether oxygens (including phenoxy) is 2. The summed E-state index contributed by atoms with van der Waals surface area (Å²) in [5.41, 5.74) is 0. The Morgan fingerprint density at radius 2 is 1.37 bits per heavy atom. The molecule has 0 unspecified atom stereocenters. The van der Waals surface area contributed by atoms with Gasteiger partial charge in [-0.3, -0.25) is 0 Å². The van der Waals surface area contributed by atoms with Crippen molar-refractivity contribution >= 4 is 62.3 Å². The van der Waals surface area contributed by atoms with Gasteiger partial charge in [0.15, 0.2) is 23.0 Å². The van der Waals surface area contributed by atoms with Gasteiger partial charge in [-0.1, -0.05) is 46.4 Å². The Labute approximate surface area is 137 Å². The SMILES string of the molecule is Clc1cc2c(cc1Br)Oc1cc(Cl)c(Cl)c(Cl)c1O2. The summed E-state index contributed by atoms with van der Waals surface area (Å²) in [5, 5.41) is 1.22. The van der Waals surface area contributed by atoms with Crippen LogP contribution in [0.15, 0.2) is 22.7 Å². The van der Waals surface area contributed by atoms with Crippen molar-refractivity contribution in [2.75, 3.05) is 0 Å². The Morgan fingerprint density at radius 3 is 2.11 bits per heavy atom. The molecule has 0 bridgehead atoms. The second-order valence-electron chi connectivity index (χ2n) is 3.73. The molecular formula is C12H3BrCl4O2. The third-order valence-electron chi connectivity index (χ3n) is 2.50. The van der Waals surface area contributed by atoms with Crippen molar-refractivity contribution in [1.29, 1.82) is 0 Å². The second-order valence-corrected chi connectivity index (χ2v) is 6.16. The first-order chi connectivity index (χ1) is 8.97. The molecule has 0 aliphatic carbocycles. The smallest absolute Gasteiger partial charge is 0.190 e. The van der Waals surface area contributed by atoms with Crippen molar-refractivity contribution in [2.45, 2.75) is 0 Å². The molecule has 1 heterocycles. The number of hydrogen-bond acceptors (Lipinski definition) is 2. The average molecular weight is 401 g/mol. The molecule has 0 spiro atoms. The predicted molar refractivity (Wildman–Crippen MR) is 80.8 cm³/mol. The molecular weight excluding hydrogens is 398 g/mol. The largest absolute Gasteiger partial charge is 0.449 e. The summed E-state index contributed by atoms with van der Waals surface area (Å²) in [4.78, 5) is 0. The van der Waals surface area contributed by atoms with Gasteiger partial charge in [-0.05, 0) is 15.9 Å². The van der Waals surface area contributed by atoms with Gasteiger partial charge in [0.25, 0.3) is 0 Å². The van der Waals surface area contributed by atoms with E-state index in [1.807, 2.05) is 0 Å². The van der Waals surface area contributed by atoms with Gasteiger partial charge in [0.1, 0.15) is 5.02 Å². The fourth-order valence-corrected chi connectivity index (χ4v) is 2.72. The molecule has 2 nitrogen and oxygen atoms in total. The van der Waals surface area contributed by atoms with Crippen LogP contribution in [0.5, 0.6) is 23.0 Å². The molecule has 0 saturated heterocycles. The van der Waals surface area contributed by atoms with Crippen LogP contribution in [0.1, 0.15) is 0 Å². The van der Waals surface area contributed by atoms with E-state index in [1.54, 1.807) is 18.2 Å². The van der Waals surface area contributed by atoms with Crippen molar-refractivity contribution in [1.82, 2.24) is 0 Å². The van der Waals surface area contributed by atoms with Crippen LogP contribution in [0.4, 0.5) is 0 Å². The Hall–Kier alpha value is -0.320. The van der Waals surface area contributed by atoms with Crippen LogP contribution >= 0.6 is 62.3 Å². The molecule has 0 saturated carbocycles. The maximum absolute atomic E-state index is 6.09. The molecule has 0 N–H and O–H groups in total. The number of benzene rings is 2. The molecule has 2 aromatic carbocycles. The lowest BCUT2D eigenvalue weighted by molar-refractivity contribution is 0.359. The van der Waals surface area contributed by atoms with Gasteiger partial charge in [0.05, 0.1) is 15.1 Å². The lowest BCUT2D eigenvalue weighted by atomic mass is 10.2. The molecule has 7 heteroatoms. The van der Waals surface area contributed by atoms with E-state index in [1.165, 1.54) is 0 Å². The Balaban J connectivity index is 2.17. The van der Waals surface area contributed by atoms with E-state index in [4.69, 9.17) is 55.9 Å². The van der Waals surface area contributed by atoms with E-state index in [-0.39, 0.29) is 10.0 Å².